The van der Waals surface area contributed by atoms with Gasteiger partial charge in [-0.3, -0.25) is 9.55 Å². The van der Waals surface area contributed by atoms with Crippen molar-refractivity contribution in [3.63, 3.8) is 0 Å². The molecule has 0 atom stereocenters. The molecular weight excluding hydrogens is 444 g/mol. The summed E-state index contributed by atoms with van der Waals surface area (Å²) in [5.41, 5.74) is 3.68. The van der Waals surface area contributed by atoms with E-state index in [2.05, 4.69) is 25.4 Å². The number of aryl methyl sites for hydroxylation is 1. The molecule has 5 aromatic rings. The molecule has 0 aliphatic rings. The van der Waals surface area contributed by atoms with E-state index in [1.807, 2.05) is 72.2 Å². The van der Waals surface area contributed by atoms with E-state index in [0.717, 1.165) is 22.4 Å². The Morgan fingerprint density at radius 3 is 2.50 bits per heavy atom. The minimum absolute atomic E-state index is 0.442. The lowest BCUT2D eigenvalue weighted by Crippen LogP contribution is -2.00. The zero-order chi connectivity index (χ0) is 21.9. The number of nitrogens with zero attached hydrogens (tertiary/aromatic N) is 6. The second-order valence-corrected chi connectivity index (χ2v) is 8.28. The van der Waals surface area contributed by atoms with E-state index in [0.29, 0.717) is 33.5 Å². The molecule has 0 spiro atoms. The van der Waals surface area contributed by atoms with Crippen molar-refractivity contribution in [3.8, 4) is 28.5 Å². The predicted molar refractivity (Wildman–Crippen MR) is 124 cm³/mol. The van der Waals surface area contributed by atoms with Crippen LogP contribution in [0.4, 0.5) is 0 Å². The summed E-state index contributed by atoms with van der Waals surface area (Å²) in [7, 11) is 0. The number of para-hydroxylation sites is 1. The molecule has 3 aromatic heterocycles. The highest BCUT2D eigenvalue weighted by molar-refractivity contribution is 7.98. The molecule has 3 heterocycles. The second-order valence-electron chi connectivity index (χ2n) is 6.93. The third-order valence-electron chi connectivity index (χ3n) is 4.83. The van der Waals surface area contributed by atoms with Gasteiger partial charge in [-0.2, -0.15) is 0 Å². The van der Waals surface area contributed by atoms with Gasteiger partial charge in [0.05, 0.1) is 16.5 Å². The fraction of sp³-hybridized carbons (Fsp3) is 0.0870. The Bertz CT molecular complexity index is 1370. The van der Waals surface area contributed by atoms with Crippen LogP contribution in [0.1, 0.15) is 11.5 Å². The van der Waals surface area contributed by atoms with E-state index in [-0.39, 0.29) is 0 Å². The first-order valence-electron chi connectivity index (χ1n) is 9.82. The Morgan fingerprint density at radius 1 is 0.906 bits per heavy atom. The highest BCUT2D eigenvalue weighted by Crippen LogP contribution is 2.32. The molecule has 0 amide bonds. The number of benzene rings is 2. The van der Waals surface area contributed by atoms with Crippen LogP contribution in [0.15, 0.2) is 82.6 Å². The fourth-order valence-corrected chi connectivity index (χ4v) is 4.26. The van der Waals surface area contributed by atoms with Crippen LogP contribution in [-0.2, 0) is 5.75 Å². The summed E-state index contributed by atoms with van der Waals surface area (Å²) in [6, 6.07) is 19.3. The molecule has 7 nitrogen and oxygen atoms in total. The van der Waals surface area contributed by atoms with Gasteiger partial charge in [-0.25, -0.2) is 0 Å². The third kappa shape index (κ3) is 4.02. The van der Waals surface area contributed by atoms with Crippen molar-refractivity contribution < 1.29 is 4.42 Å². The van der Waals surface area contributed by atoms with Crippen LogP contribution in [-0.4, -0.2) is 29.9 Å². The largest absolute Gasteiger partial charge is 0.420 e. The molecule has 2 aromatic carbocycles. The van der Waals surface area contributed by atoms with Crippen LogP contribution >= 0.6 is 23.4 Å². The molecule has 0 aliphatic carbocycles. The zero-order valence-corrected chi connectivity index (χ0v) is 18.6. The predicted octanol–water partition coefficient (Wildman–Crippen LogP) is 5.63. The Labute approximate surface area is 193 Å². The fourth-order valence-electron chi connectivity index (χ4n) is 3.26. The zero-order valence-electron chi connectivity index (χ0n) is 17.0. The summed E-state index contributed by atoms with van der Waals surface area (Å²) in [6.45, 7) is 2.01. The smallest absolute Gasteiger partial charge is 0.248 e. The number of hydrogen-bond acceptors (Lipinski definition) is 7. The molecule has 0 fully saturated rings. The van der Waals surface area contributed by atoms with Crippen molar-refractivity contribution in [2.24, 2.45) is 0 Å². The highest BCUT2D eigenvalue weighted by atomic mass is 35.5. The second kappa shape index (κ2) is 8.94. The van der Waals surface area contributed by atoms with Gasteiger partial charge in [-0.1, -0.05) is 53.7 Å². The maximum atomic E-state index is 6.51. The highest BCUT2D eigenvalue weighted by Gasteiger charge is 2.19. The number of halogens is 1. The molecule has 0 bridgehead atoms. The summed E-state index contributed by atoms with van der Waals surface area (Å²) in [4.78, 5) is 4.09. The van der Waals surface area contributed by atoms with Crippen molar-refractivity contribution in [1.82, 2.24) is 29.9 Å². The van der Waals surface area contributed by atoms with Crippen LogP contribution in [0.25, 0.3) is 28.5 Å². The maximum absolute atomic E-state index is 6.51. The van der Waals surface area contributed by atoms with E-state index in [4.69, 9.17) is 16.0 Å². The molecule has 0 radical (unpaired) electrons. The normalized spacial score (nSPS) is 11.1. The summed E-state index contributed by atoms with van der Waals surface area (Å²) < 4.78 is 7.83. The molecule has 9 heteroatoms. The first-order valence-corrected chi connectivity index (χ1v) is 11.2. The van der Waals surface area contributed by atoms with Crippen LogP contribution in [0.3, 0.4) is 0 Å². The van der Waals surface area contributed by atoms with E-state index < -0.39 is 0 Å². The Kier molecular flexibility index (Phi) is 5.70. The summed E-state index contributed by atoms with van der Waals surface area (Å²) in [5.74, 6) is 2.13. The minimum atomic E-state index is 0.442. The van der Waals surface area contributed by atoms with E-state index in [1.165, 1.54) is 11.8 Å². The Balaban J connectivity index is 1.47. The Morgan fingerprint density at radius 2 is 1.69 bits per heavy atom. The molecule has 0 aliphatic heterocycles. The third-order valence-corrected chi connectivity index (χ3v) is 6.07. The monoisotopic (exact) mass is 460 g/mol. The SMILES string of the molecule is Cc1ccccc1-c1nnc(CSc2nnc(-c3ccncc3)n2-c2ccccc2Cl)o1. The van der Waals surface area contributed by atoms with Crippen molar-refractivity contribution in [3.05, 3.63) is 89.5 Å². The van der Waals surface area contributed by atoms with Crippen molar-refractivity contribution in [2.45, 2.75) is 17.8 Å². The standard InChI is InChI=1S/C23H17ClN6OS/c1-15-6-2-3-7-17(15)22-28-26-20(31-22)14-32-23-29-27-21(16-10-12-25-13-11-16)30(23)19-9-5-4-8-18(19)24/h2-13H,14H2,1H3. The lowest BCUT2D eigenvalue weighted by molar-refractivity contribution is 0.528. The molecule has 5 rings (SSSR count). The van der Waals surface area contributed by atoms with Crippen molar-refractivity contribution >= 4 is 23.4 Å². The summed E-state index contributed by atoms with van der Waals surface area (Å²) in [5, 5.41) is 18.5. The Hall–Kier alpha value is -3.49. The molecule has 0 unspecified atom stereocenters. The van der Waals surface area contributed by atoms with E-state index in [1.54, 1.807) is 12.4 Å². The first-order chi connectivity index (χ1) is 15.7. The number of rotatable bonds is 6. The van der Waals surface area contributed by atoms with Crippen LogP contribution < -0.4 is 0 Å². The number of hydrogen-bond donors (Lipinski definition) is 0. The molecule has 0 saturated heterocycles. The van der Waals surface area contributed by atoms with Gasteiger partial charge in [-0.05, 0) is 42.8 Å². The average Bonchev–Trinajstić information content (AvgIpc) is 3.46. The quantitative estimate of drug-likeness (QED) is 0.303. The molecular formula is C23H17ClN6OS. The molecule has 0 N–H and O–H groups in total. The number of thioether (sulfide) groups is 1. The molecule has 0 saturated carbocycles. The molecule has 32 heavy (non-hydrogen) atoms. The van der Waals surface area contributed by atoms with E-state index in [9.17, 15) is 0 Å². The average molecular weight is 461 g/mol. The van der Waals surface area contributed by atoms with Gasteiger partial charge < -0.3 is 4.42 Å². The van der Waals surface area contributed by atoms with Gasteiger partial charge in [0, 0.05) is 23.5 Å². The van der Waals surface area contributed by atoms with Crippen LogP contribution in [0.5, 0.6) is 0 Å². The van der Waals surface area contributed by atoms with Crippen molar-refractivity contribution in [1.29, 1.82) is 0 Å². The maximum Gasteiger partial charge on any atom is 0.248 e. The minimum Gasteiger partial charge on any atom is -0.420 e. The van der Waals surface area contributed by atoms with Gasteiger partial charge >= 0.3 is 0 Å². The van der Waals surface area contributed by atoms with Crippen LogP contribution in [0.2, 0.25) is 5.02 Å². The van der Waals surface area contributed by atoms with Crippen LogP contribution in [0, 0.1) is 6.92 Å². The summed E-state index contributed by atoms with van der Waals surface area (Å²) >= 11 is 7.96. The first kappa shape index (κ1) is 20.4. The lowest BCUT2D eigenvalue weighted by Gasteiger charge is -2.11. The van der Waals surface area contributed by atoms with E-state index >= 15 is 0 Å². The van der Waals surface area contributed by atoms with Gasteiger partial charge in [0.1, 0.15) is 0 Å². The molecule has 158 valence electrons. The van der Waals surface area contributed by atoms with Gasteiger partial charge in [0.15, 0.2) is 11.0 Å². The van der Waals surface area contributed by atoms with Gasteiger partial charge in [0.2, 0.25) is 11.8 Å². The number of pyridine rings is 1. The lowest BCUT2D eigenvalue weighted by atomic mass is 10.1. The van der Waals surface area contributed by atoms with Gasteiger partial charge in [-0.15, -0.1) is 20.4 Å². The van der Waals surface area contributed by atoms with Crippen molar-refractivity contribution in [2.75, 3.05) is 0 Å². The summed E-state index contributed by atoms with van der Waals surface area (Å²) in [6.07, 6.45) is 3.44. The van der Waals surface area contributed by atoms with Gasteiger partial charge in [0.25, 0.3) is 0 Å². The topological polar surface area (TPSA) is 82.5 Å². The number of aromatic nitrogens is 6.